The van der Waals surface area contributed by atoms with Gasteiger partial charge in [0.25, 0.3) is 0 Å². The smallest absolute Gasteiger partial charge is 0.236 e. The average molecular weight is 260 g/mol. The van der Waals surface area contributed by atoms with Gasteiger partial charge in [0.05, 0.1) is 5.41 Å². The molecule has 0 radical (unpaired) electrons. The molecule has 0 saturated carbocycles. The third kappa shape index (κ3) is 2.16. The van der Waals surface area contributed by atoms with E-state index in [0.717, 1.165) is 24.2 Å². The van der Waals surface area contributed by atoms with Crippen molar-refractivity contribution < 1.29 is 4.79 Å². The largest absolute Gasteiger partial charge is 0.319 e. The van der Waals surface area contributed by atoms with Crippen LogP contribution in [0.25, 0.3) is 0 Å². The minimum atomic E-state index is -0.405. The maximum atomic E-state index is 12.3. The summed E-state index contributed by atoms with van der Waals surface area (Å²) >= 11 is 0. The lowest BCUT2D eigenvalue weighted by Gasteiger charge is -2.19. The van der Waals surface area contributed by atoms with E-state index in [2.05, 4.69) is 30.4 Å². The van der Waals surface area contributed by atoms with Gasteiger partial charge in [-0.05, 0) is 50.4 Å². The number of benzene rings is 1. The van der Waals surface area contributed by atoms with Crippen molar-refractivity contribution in [1.29, 1.82) is 0 Å². The van der Waals surface area contributed by atoms with Crippen molar-refractivity contribution in [1.82, 2.24) is 5.32 Å². The van der Waals surface area contributed by atoms with Crippen molar-refractivity contribution in [3.8, 4) is 0 Å². The summed E-state index contributed by atoms with van der Waals surface area (Å²) < 4.78 is 0. The van der Waals surface area contributed by atoms with E-state index in [9.17, 15) is 4.79 Å². The molecule has 1 heterocycles. The summed E-state index contributed by atoms with van der Waals surface area (Å²) in [6.07, 6.45) is 1.10. The Bertz CT molecular complexity index is 494. The number of amides is 1. The average Bonchev–Trinajstić information content (AvgIpc) is 2.57. The van der Waals surface area contributed by atoms with Crippen LogP contribution in [-0.4, -0.2) is 26.5 Å². The van der Waals surface area contributed by atoms with Crippen LogP contribution in [0, 0.1) is 0 Å². The summed E-state index contributed by atoms with van der Waals surface area (Å²) in [6.45, 7) is 7.21. The summed E-state index contributed by atoms with van der Waals surface area (Å²) in [5.74, 6) is 0.688. The van der Waals surface area contributed by atoms with Crippen LogP contribution in [-0.2, 0) is 10.2 Å². The zero-order chi connectivity index (χ0) is 14.2. The van der Waals surface area contributed by atoms with E-state index in [1.54, 1.807) is 4.90 Å². The van der Waals surface area contributed by atoms with Crippen molar-refractivity contribution in [2.75, 3.05) is 25.5 Å². The van der Waals surface area contributed by atoms with Crippen LogP contribution in [0.3, 0.4) is 0 Å². The summed E-state index contributed by atoms with van der Waals surface area (Å²) in [5.41, 5.74) is 3.13. The fourth-order valence-electron chi connectivity index (χ4n) is 2.99. The Balaban J connectivity index is 2.45. The van der Waals surface area contributed by atoms with Crippen LogP contribution < -0.4 is 10.2 Å². The van der Waals surface area contributed by atoms with Crippen molar-refractivity contribution >= 4 is 11.6 Å². The molecule has 1 unspecified atom stereocenters. The quantitative estimate of drug-likeness (QED) is 0.902. The lowest BCUT2D eigenvalue weighted by atomic mass is 9.83. The molecule has 1 aliphatic rings. The number of likely N-dealkylation sites (N-methyl/N-ethyl adjacent to an activating group) is 2. The first-order valence-electron chi connectivity index (χ1n) is 7.00. The molecular formula is C16H24N2O. The number of fused-ring (bicyclic) bond motifs is 1. The van der Waals surface area contributed by atoms with E-state index in [-0.39, 0.29) is 5.91 Å². The second-order valence-electron chi connectivity index (χ2n) is 5.93. The summed E-state index contributed by atoms with van der Waals surface area (Å²) in [7, 11) is 3.84. The van der Waals surface area contributed by atoms with E-state index < -0.39 is 5.41 Å². The Morgan fingerprint density at radius 1 is 1.37 bits per heavy atom. The zero-order valence-corrected chi connectivity index (χ0v) is 12.6. The highest BCUT2D eigenvalue weighted by Gasteiger charge is 2.42. The molecule has 1 atom stereocenters. The number of nitrogens with zero attached hydrogens (tertiary/aromatic N) is 1. The molecule has 0 aromatic heterocycles. The zero-order valence-electron chi connectivity index (χ0n) is 12.6. The molecule has 2 rings (SSSR count). The first kappa shape index (κ1) is 14.1. The highest BCUT2D eigenvalue weighted by molar-refractivity contribution is 6.07. The molecule has 1 amide bonds. The number of hydrogen-bond donors (Lipinski definition) is 1. The molecule has 104 valence electrons. The highest BCUT2D eigenvalue weighted by Crippen LogP contribution is 2.42. The molecule has 0 spiro atoms. The van der Waals surface area contributed by atoms with E-state index in [1.807, 2.05) is 27.9 Å². The van der Waals surface area contributed by atoms with Gasteiger partial charge < -0.3 is 10.2 Å². The van der Waals surface area contributed by atoms with E-state index in [4.69, 9.17) is 0 Å². The Morgan fingerprint density at radius 3 is 2.63 bits per heavy atom. The van der Waals surface area contributed by atoms with Crippen molar-refractivity contribution in [2.45, 2.75) is 38.5 Å². The number of hydrogen-bond acceptors (Lipinski definition) is 2. The molecule has 1 N–H and O–H groups in total. The lowest BCUT2D eigenvalue weighted by Crippen LogP contribution is -2.33. The maximum Gasteiger partial charge on any atom is 0.236 e. The number of nitrogens with one attached hydrogen (secondary N) is 1. The normalized spacial score (nSPS) is 18.6. The van der Waals surface area contributed by atoms with Gasteiger partial charge in [0.15, 0.2) is 0 Å². The molecule has 1 aliphatic heterocycles. The van der Waals surface area contributed by atoms with Crippen LogP contribution in [0.1, 0.15) is 44.2 Å². The van der Waals surface area contributed by atoms with Gasteiger partial charge in [-0.25, -0.2) is 0 Å². The van der Waals surface area contributed by atoms with Gasteiger partial charge in [0, 0.05) is 19.3 Å². The number of carbonyl (C=O) groups is 1. The predicted octanol–water partition coefficient (Wildman–Crippen LogP) is 2.65. The maximum absolute atomic E-state index is 12.3. The first-order valence-corrected chi connectivity index (χ1v) is 7.00. The molecule has 0 fully saturated rings. The Kier molecular flexibility index (Phi) is 3.68. The standard InChI is InChI=1S/C16H24N2O/c1-6-11(10-17-4)12-7-8-14-13(9-12)16(2,3)15(19)18(14)5/h7-9,11,17H,6,10H2,1-5H3. The molecule has 3 nitrogen and oxygen atoms in total. The molecule has 3 heteroatoms. The number of anilines is 1. The van der Waals surface area contributed by atoms with Crippen molar-refractivity contribution in [3.63, 3.8) is 0 Å². The van der Waals surface area contributed by atoms with Crippen LogP contribution >= 0.6 is 0 Å². The topological polar surface area (TPSA) is 32.3 Å². The molecule has 0 aliphatic carbocycles. The summed E-state index contributed by atoms with van der Waals surface area (Å²) in [5, 5.41) is 3.25. The SMILES string of the molecule is CCC(CNC)c1ccc2c(c1)C(C)(C)C(=O)N2C. The monoisotopic (exact) mass is 260 g/mol. The molecule has 0 saturated heterocycles. The molecule has 1 aromatic carbocycles. The van der Waals surface area contributed by atoms with Gasteiger partial charge in [-0.2, -0.15) is 0 Å². The summed E-state index contributed by atoms with van der Waals surface area (Å²) in [4.78, 5) is 14.0. The third-order valence-corrected chi connectivity index (χ3v) is 4.31. The highest BCUT2D eigenvalue weighted by atomic mass is 16.2. The fourth-order valence-corrected chi connectivity index (χ4v) is 2.99. The lowest BCUT2D eigenvalue weighted by molar-refractivity contribution is -0.121. The number of carbonyl (C=O) groups excluding carboxylic acids is 1. The van der Waals surface area contributed by atoms with Gasteiger partial charge in [-0.1, -0.05) is 19.1 Å². The van der Waals surface area contributed by atoms with E-state index in [1.165, 1.54) is 5.56 Å². The molecule has 1 aromatic rings. The Hall–Kier alpha value is -1.35. The van der Waals surface area contributed by atoms with Gasteiger partial charge >= 0.3 is 0 Å². The van der Waals surface area contributed by atoms with Crippen LogP contribution in [0.2, 0.25) is 0 Å². The predicted molar refractivity (Wildman–Crippen MR) is 79.8 cm³/mol. The Labute approximate surface area is 116 Å². The van der Waals surface area contributed by atoms with Crippen LogP contribution in [0.5, 0.6) is 0 Å². The molecular weight excluding hydrogens is 236 g/mol. The minimum absolute atomic E-state index is 0.182. The van der Waals surface area contributed by atoms with E-state index in [0.29, 0.717) is 5.92 Å². The Morgan fingerprint density at radius 2 is 2.05 bits per heavy atom. The van der Waals surface area contributed by atoms with Crippen molar-refractivity contribution in [3.05, 3.63) is 29.3 Å². The summed E-state index contributed by atoms with van der Waals surface area (Å²) in [6, 6.07) is 6.48. The second-order valence-corrected chi connectivity index (χ2v) is 5.93. The van der Waals surface area contributed by atoms with Gasteiger partial charge in [-0.15, -0.1) is 0 Å². The van der Waals surface area contributed by atoms with Crippen LogP contribution in [0.4, 0.5) is 5.69 Å². The van der Waals surface area contributed by atoms with Crippen molar-refractivity contribution in [2.24, 2.45) is 0 Å². The fraction of sp³-hybridized carbons (Fsp3) is 0.562. The first-order chi connectivity index (χ1) is 8.93. The molecule has 0 bridgehead atoms. The minimum Gasteiger partial charge on any atom is -0.319 e. The van der Waals surface area contributed by atoms with Crippen LogP contribution in [0.15, 0.2) is 18.2 Å². The van der Waals surface area contributed by atoms with Gasteiger partial charge in [0.2, 0.25) is 5.91 Å². The second kappa shape index (κ2) is 4.97. The number of rotatable bonds is 4. The van der Waals surface area contributed by atoms with Gasteiger partial charge in [-0.3, -0.25) is 4.79 Å². The van der Waals surface area contributed by atoms with Gasteiger partial charge in [0.1, 0.15) is 0 Å². The molecule has 19 heavy (non-hydrogen) atoms. The van der Waals surface area contributed by atoms with E-state index >= 15 is 0 Å². The third-order valence-electron chi connectivity index (χ3n) is 4.31.